The van der Waals surface area contributed by atoms with Crippen LogP contribution in [0.15, 0.2) is 24.3 Å². The highest BCUT2D eigenvalue weighted by Crippen LogP contribution is 2.41. The normalized spacial score (nSPS) is 10.6. The lowest BCUT2D eigenvalue weighted by atomic mass is 10.1. The Morgan fingerprint density at radius 3 is 2.27 bits per heavy atom. The van der Waals surface area contributed by atoms with Crippen molar-refractivity contribution in [3.05, 3.63) is 38.0 Å². The SMILES string of the molecule is Nc1ccc(-c2cc(Cl)sc2Cl)c(Cl)c1. The molecule has 0 spiro atoms. The van der Waals surface area contributed by atoms with Crippen LogP contribution in [0, 0.1) is 0 Å². The van der Waals surface area contributed by atoms with Gasteiger partial charge in [0.2, 0.25) is 0 Å². The first-order valence-corrected chi connectivity index (χ1v) is 6.03. The van der Waals surface area contributed by atoms with Crippen molar-refractivity contribution in [2.45, 2.75) is 0 Å². The minimum absolute atomic E-state index is 0.575. The molecule has 0 aliphatic carbocycles. The minimum atomic E-state index is 0.575. The molecule has 78 valence electrons. The number of benzene rings is 1. The largest absolute Gasteiger partial charge is 0.399 e. The van der Waals surface area contributed by atoms with Crippen molar-refractivity contribution in [3.63, 3.8) is 0 Å². The average molecular weight is 279 g/mol. The molecule has 0 saturated carbocycles. The van der Waals surface area contributed by atoms with Gasteiger partial charge in [-0.05, 0) is 18.2 Å². The second kappa shape index (κ2) is 4.22. The average Bonchev–Trinajstić information content (AvgIpc) is 2.45. The third kappa shape index (κ3) is 2.23. The van der Waals surface area contributed by atoms with Gasteiger partial charge in [0.05, 0.1) is 9.36 Å². The van der Waals surface area contributed by atoms with E-state index in [1.807, 2.05) is 6.07 Å². The Labute approximate surface area is 106 Å². The molecule has 0 aliphatic heterocycles. The number of hydrogen-bond donors (Lipinski definition) is 1. The van der Waals surface area contributed by atoms with Gasteiger partial charge in [-0.25, -0.2) is 0 Å². The maximum Gasteiger partial charge on any atom is 0.102 e. The maximum absolute atomic E-state index is 6.07. The molecule has 0 atom stereocenters. The van der Waals surface area contributed by atoms with Crippen LogP contribution in [0.4, 0.5) is 5.69 Å². The number of rotatable bonds is 1. The van der Waals surface area contributed by atoms with Crippen LogP contribution in [-0.2, 0) is 0 Å². The zero-order valence-electron chi connectivity index (χ0n) is 7.43. The predicted molar refractivity (Wildman–Crippen MR) is 69.2 cm³/mol. The Kier molecular flexibility index (Phi) is 3.12. The van der Waals surface area contributed by atoms with Crippen molar-refractivity contribution < 1.29 is 0 Å². The molecular formula is C10H6Cl3NS. The third-order valence-corrected chi connectivity index (χ3v) is 3.74. The number of nitrogens with two attached hydrogens (primary N) is 1. The topological polar surface area (TPSA) is 26.0 Å². The summed E-state index contributed by atoms with van der Waals surface area (Å²) in [6.07, 6.45) is 0. The zero-order valence-corrected chi connectivity index (χ0v) is 10.5. The van der Waals surface area contributed by atoms with Gasteiger partial charge in [0.15, 0.2) is 0 Å². The van der Waals surface area contributed by atoms with Crippen LogP contribution in [0.5, 0.6) is 0 Å². The standard InChI is InChI=1S/C10H6Cl3NS/c11-8-3-5(14)1-2-6(8)7-4-9(12)15-10(7)13/h1-4H,14H2. The highest BCUT2D eigenvalue weighted by atomic mass is 35.5. The highest BCUT2D eigenvalue weighted by Gasteiger charge is 2.11. The van der Waals surface area contributed by atoms with E-state index in [2.05, 4.69) is 0 Å². The summed E-state index contributed by atoms with van der Waals surface area (Å²) >= 11 is 19.3. The molecule has 0 bridgehead atoms. The van der Waals surface area contributed by atoms with E-state index >= 15 is 0 Å². The summed E-state index contributed by atoms with van der Waals surface area (Å²) in [5.74, 6) is 0. The van der Waals surface area contributed by atoms with Gasteiger partial charge in [-0.1, -0.05) is 40.9 Å². The second-order valence-electron chi connectivity index (χ2n) is 2.98. The van der Waals surface area contributed by atoms with Gasteiger partial charge in [0.1, 0.15) is 4.34 Å². The first-order chi connectivity index (χ1) is 7.08. The molecular weight excluding hydrogens is 273 g/mol. The Morgan fingerprint density at radius 2 is 1.73 bits per heavy atom. The lowest BCUT2D eigenvalue weighted by Crippen LogP contribution is -1.85. The van der Waals surface area contributed by atoms with Crippen LogP contribution in [0.25, 0.3) is 11.1 Å². The number of halogens is 3. The smallest absolute Gasteiger partial charge is 0.102 e. The van der Waals surface area contributed by atoms with E-state index < -0.39 is 0 Å². The molecule has 15 heavy (non-hydrogen) atoms. The van der Waals surface area contributed by atoms with Crippen molar-refractivity contribution in [3.8, 4) is 11.1 Å². The molecule has 0 radical (unpaired) electrons. The van der Waals surface area contributed by atoms with Gasteiger partial charge in [-0.2, -0.15) is 0 Å². The number of nitrogen functional groups attached to an aromatic ring is 1. The molecule has 5 heteroatoms. The Hall–Kier alpha value is -0.410. The highest BCUT2D eigenvalue weighted by molar-refractivity contribution is 7.20. The van der Waals surface area contributed by atoms with Crippen molar-refractivity contribution in [2.24, 2.45) is 0 Å². The summed E-state index contributed by atoms with van der Waals surface area (Å²) in [7, 11) is 0. The molecule has 1 nitrogen and oxygen atoms in total. The lowest BCUT2D eigenvalue weighted by molar-refractivity contribution is 1.66. The summed E-state index contributed by atoms with van der Waals surface area (Å²) in [4.78, 5) is 0. The van der Waals surface area contributed by atoms with Crippen molar-refractivity contribution >= 4 is 51.8 Å². The molecule has 2 rings (SSSR count). The van der Waals surface area contributed by atoms with Gasteiger partial charge >= 0.3 is 0 Å². The molecule has 2 N–H and O–H groups in total. The molecule has 1 heterocycles. The molecule has 0 saturated heterocycles. The van der Waals surface area contributed by atoms with E-state index in [-0.39, 0.29) is 0 Å². The molecule has 0 amide bonds. The third-order valence-electron chi connectivity index (χ3n) is 1.94. The van der Waals surface area contributed by atoms with Gasteiger partial charge < -0.3 is 5.73 Å². The molecule has 0 aliphatic rings. The van der Waals surface area contributed by atoms with Crippen LogP contribution >= 0.6 is 46.1 Å². The Morgan fingerprint density at radius 1 is 1.00 bits per heavy atom. The van der Waals surface area contributed by atoms with Crippen molar-refractivity contribution in [1.29, 1.82) is 0 Å². The Bertz CT molecular complexity index is 507. The van der Waals surface area contributed by atoms with E-state index in [4.69, 9.17) is 40.5 Å². The van der Waals surface area contributed by atoms with Crippen molar-refractivity contribution in [1.82, 2.24) is 0 Å². The van der Waals surface area contributed by atoms with Crippen LogP contribution in [0.1, 0.15) is 0 Å². The fourth-order valence-electron chi connectivity index (χ4n) is 1.27. The molecule has 2 aromatic rings. The van der Waals surface area contributed by atoms with Gasteiger partial charge in [0.25, 0.3) is 0 Å². The van der Waals surface area contributed by atoms with Gasteiger partial charge in [-0.3, -0.25) is 0 Å². The van der Waals surface area contributed by atoms with Crippen LogP contribution < -0.4 is 5.73 Å². The fourth-order valence-corrected chi connectivity index (χ4v) is 3.06. The summed E-state index contributed by atoms with van der Waals surface area (Å²) in [5, 5.41) is 0.575. The molecule has 1 aromatic carbocycles. The number of anilines is 1. The van der Waals surface area contributed by atoms with E-state index in [1.165, 1.54) is 11.3 Å². The van der Waals surface area contributed by atoms with Crippen LogP contribution in [-0.4, -0.2) is 0 Å². The lowest BCUT2D eigenvalue weighted by Gasteiger charge is -2.03. The predicted octanol–water partition coefficient (Wildman–Crippen LogP) is 4.96. The van der Waals surface area contributed by atoms with Gasteiger partial charge in [0, 0.05) is 16.8 Å². The maximum atomic E-state index is 6.07. The second-order valence-corrected chi connectivity index (χ2v) is 5.67. The van der Waals surface area contributed by atoms with Gasteiger partial charge in [-0.15, -0.1) is 11.3 Å². The molecule has 0 fully saturated rings. The van der Waals surface area contributed by atoms with E-state index in [1.54, 1.807) is 18.2 Å². The number of thiophene rings is 1. The van der Waals surface area contributed by atoms with Crippen LogP contribution in [0.3, 0.4) is 0 Å². The summed E-state index contributed by atoms with van der Waals surface area (Å²) < 4.78 is 1.27. The minimum Gasteiger partial charge on any atom is -0.399 e. The first kappa shape index (κ1) is 11.1. The zero-order chi connectivity index (χ0) is 11.0. The Balaban J connectivity index is 2.59. The van der Waals surface area contributed by atoms with Crippen molar-refractivity contribution in [2.75, 3.05) is 5.73 Å². The molecule has 0 unspecified atom stereocenters. The summed E-state index contributed by atoms with van der Waals surface area (Å²) in [5.41, 5.74) is 7.92. The van der Waals surface area contributed by atoms with E-state index in [0.29, 0.717) is 19.4 Å². The van der Waals surface area contributed by atoms with E-state index in [9.17, 15) is 0 Å². The monoisotopic (exact) mass is 277 g/mol. The fraction of sp³-hybridized carbons (Fsp3) is 0. The number of hydrogen-bond acceptors (Lipinski definition) is 2. The van der Waals surface area contributed by atoms with E-state index in [0.717, 1.165) is 11.1 Å². The first-order valence-electron chi connectivity index (χ1n) is 4.08. The molecule has 1 aromatic heterocycles. The summed E-state index contributed by atoms with van der Waals surface area (Å²) in [6.45, 7) is 0. The summed E-state index contributed by atoms with van der Waals surface area (Å²) in [6, 6.07) is 7.11. The quantitative estimate of drug-likeness (QED) is 0.733. The van der Waals surface area contributed by atoms with Crippen LogP contribution in [0.2, 0.25) is 13.7 Å².